The minimum atomic E-state index is -0.395. The molecule has 92 valence electrons. The number of amides is 1. The fraction of sp³-hybridized carbons (Fsp3) is 0.417. The summed E-state index contributed by atoms with van der Waals surface area (Å²) in [5.74, 6) is -0.395. The molecule has 0 spiro atoms. The van der Waals surface area contributed by atoms with Crippen LogP contribution in [0.2, 0.25) is 0 Å². The van der Waals surface area contributed by atoms with E-state index in [4.69, 9.17) is 5.73 Å². The van der Waals surface area contributed by atoms with Crippen molar-refractivity contribution in [1.29, 1.82) is 0 Å². The van der Waals surface area contributed by atoms with E-state index in [0.717, 1.165) is 36.1 Å². The molecule has 2 rings (SSSR count). The molecule has 0 radical (unpaired) electrons. The van der Waals surface area contributed by atoms with Gasteiger partial charge < -0.3 is 16.4 Å². The van der Waals surface area contributed by atoms with Crippen LogP contribution in [0.1, 0.15) is 23.2 Å². The van der Waals surface area contributed by atoms with Crippen molar-refractivity contribution in [2.45, 2.75) is 18.9 Å². The number of anilines is 1. The number of rotatable bonds is 3. The lowest BCUT2D eigenvalue weighted by molar-refractivity contribution is 0.100. The molecule has 1 aromatic rings. The predicted molar refractivity (Wildman–Crippen MR) is 72.2 cm³/mol. The van der Waals surface area contributed by atoms with E-state index in [0.29, 0.717) is 11.6 Å². The van der Waals surface area contributed by atoms with Gasteiger partial charge in [-0.15, -0.1) is 0 Å². The standard InChI is InChI=1S/C12H16BrN3O/c13-8-1-2-10(12(14)17)11(7-8)16-9-3-5-15-6-4-9/h1-2,7,9,15-16H,3-6H2,(H2,14,17). The summed E-state index contributed by atoms with van der Waals surface area (Å²) in [6, 6.07) is 5.88. The van der Waals surface area contributed by atoms with Crippen molar-refractivity contribution in [1.82, 2.24) is 5.32 Å². The zero-order valence-electron chi connectivity index (χ0n) is 9.50. The van der Waals surface area contributed by atoms with Crippen molar-refractivity contribution in [2.24, 2.45) is 5.73 Å². The maximum absolute atomic E-state index is 11.3. The molecule has 4 N–H and O–H groups in total. The lowest BCUT2D eigenvalue weighted by Crippen LogP contribution is -2.35. The molecule has 0 aromatic heterocycles. The molecule has 1 aliphatic rings. The van der Waals surface area contributed by atoms with E-state index in [1.807, 2.05) is 12.1 Å². The Balaban J connectivity index is 2.17. The first kappa shape index (κ1) is 12.4. The van der Waals surface area contributed by atoms with E-state index in [2.05, 4.69) is 26.6 Å². The summed E-state index contributed by atoms with van der Waals surface area (Å²) >= 11 is 3.41. The third-order valence-corrected chi connectivity index (χ3v) is 3.44. The molecule has 0 unspecified atom stereocenters. The van der Waals surface area contributed by atoms with Crippen molar-refractivity contribution in [3.8, 4) is 0 Å². The van der Waals surface area contributed by atoms with Gasteiger partial charge in [-0.25, -0.2) is 0 Å². The number of hydrogen-bond acceptors (Lipinski definition) is 3. The molecule has 0 bridgehead atoms. The van der Waals surface area contributed by atoms with Gasteiger partial charge in [-0.1, -0.05) is 15.9 Å². The SMILES string of the molecule is NC(=O)c1ccc(Br)cc1NC1CCNCC1. The molecular formula is C12H16BrN3O. The molecule has 1 aromatic carbocycles. The summed E-state index contributed by atoms with van der Waals surface area (Å²) < 4.78 is 0.943. The van der Waals surface area contributed by atoms with Crippen molar-refractivity contribution < 1.29 is 4.79 Å². The van der Waals surface area contributed by atoms with Crippen LogP contribution in [0.5, 0.6) is 0 Å². The molecule has 1 amide bonds. The topological polar surface area (TPSA) is 67.2 Å². The van der Waals surface area contributed by atoms with E-state index in [9.17, 15) is 4.79 Å². The van der Waals surface area contributed by atoms with Crippen LogP contribution in [0, 0.1) is 0 Å². The number of nitrogens with one attached hydrogen (secondary N) is 2. The zero-order chi connectivity index (χ0) is 12.3. The van der Waals surface area contributed by atoms with Crippen molar-refractivity contribution in [3.05, 3.63) is 28.2 Å². The van der Waals surface area contributed by atoms with E-state index in [-0.39, 0.29) is 0 Å². The number of piperidine rings is 1. The first-order valence-corrected chi connectivity index (χ1v) is 6.53. The molecule has 0 atom stereocenters. The second-order valence-electron chi connectivity index (χ2n) is 4.22. The third-order valence-electron chi connectivity index (χ3n) is 2.95. The van der Waals surface area contributed by atoms with Crippen LogP contribution < -0.4 is 16.4 Å². The zero-order valence-corrected chi connectivity index (χ0v) is 11.1. The Morgan fingerprint density at radius 2 is 2.12 bits per heavy atom. The maximum atomic E-state index is 11.3. The van der Waals surface area contributed by atoms with Crippen molar-refractivity contribution >= 4 is 27.5 Å². The highest BCUT2D eigenvalue weighted by atomic mass is 79.9. The normalized spacial score (nSPS) is 16.8. The van der Waals surface area contributed by atoms with Crippen LogP contribution in [-0.2, 0) is 0 Å². The predicted octanol–water partition coefficient (Wildman–Crippen LogP) is 1.71. The fourth-order valence-corrected chi connectivity index (χ4v) is 2.40. The average molecular weight is 298 g/mol. The number of hydrogen-bond donors (Lipinski definition) is 3. The van der Waals surface area contributed by atoms with Crippen molar-refractivity contribution in [2.75, 3.05) is 18.4 Å². The fourth-order valence-electron chi connectivity index (χ4n) is 2.04. The van der Waals surface area contributed by atoms with Gasteiger partial charge in [0.25, 0.3) is 5.91 Å². The molecule has 5 heteroatoms. The molecule has 0 aliphatic carbocycles. The second kappa shape index (κ2) is 5.51. The highest BCUT2D eigenvalue weighted by molar-refractivity contribution is 9.10. The summed E-state index contributed by atoms with van der Waals surface area (Å²) in [6.45, 7) is 2.02. The third kappa shape index (κ3) is 3.20. The highest BCUT2D eigenvalue weighted by Crippen LogP contribution is 2.23. The minimum Gasteiger partial charge on any atom is -0.382 e. The highest BCUT2D eigenvalue weighted by Gasteiger charge is 2.15. The Labute approximate surface area is 109 Å². The van der Waals surface area contributed by atoms with Crippen LogP contribution in [0.15, 0.2) is 22.7 Å². The molecule has 1 heterocycles. The van der Waals surface area contributed by atoms with E-state index in [1.165, 1.54) is 0 Å². The number of halogens is 1. The van der Waals surface area contributed by atoms with Gasteiger partial charge in [0.2, 0.25) is 0 Å². The summed E-state index contributed by atoms with van der Waals surface area (Å²) in [7, 11) is 0. The quantitative estimate of drug-likeness (QED) is 0.796. The van der Waals surface area contributed by atoms with Gasteiger partial charge in [-0.3, -0.25) is 4.79 Å². The molecule has 0 saturated carbocycles. The minimum absolute atomic E-state index is 0.395. The van der Waals surface area contributed by atoms with Crippen LogP contribution >= 0.6 is 15.9 Å². The molecule has 1 fully saturated rings. The van der Waals surface area contributed by atoms with Crippen LogP contribution in [-0.4, -0.2) is 25.0 Å². The van der Waals surface area contributed by atoms with Crippen LogP contribution in [0.4, 0.5) is 5.69 Å². The Morgan fingerprint density at radius 1 is 1.41 bits per heavy atom. The van der Waals surface area contributed by atoms with Crippen LogP contribution in [0.3, 0.4) is 0 Å². The first-order valence-electron chi connectivity index (χ1n) is 5.73. The number of nitrogens with two attached hydrogens (primary N) is 1. The van der Waals surface area contributed by atoms with Gasteiger partial charge >= 0.3 is 0 Å². The Bertz CT molecular complexity index is 416. The largest absolute Gasteiger partial charge is 0.382 e. The smallest absolute Gasteiger partial charge is 0.250 e. The summed E-state index contributed by atoms with van der Waals surface area (Å²) in [5, 5.41) is 6.71. The Hall–Kier alpha value is -1.07. The lowest BCUT2D eigenvalue weighted by Gasteiger charge is -2.25. The Morgan fingerprint density at radius 3 is 2.76 bits per heavy atom. The summed E-state index contributed by atoms with van der Waals surface area (Å²) in [6.07, 6.45) is 2.12. The van der Waals surface area contributed by atoms with Gasteiger partial charge in [0.1, 0.15) is 0 Å². The molecule has 17 heavy (non-hydrogen) atoms. The first-order chi connectivity index (χ1) is 8.16. The average Bonchev–Trinajstić information content (AvgIpc) is 2.30. The number of carbonyl (C=O) groups is 1. The maximum Gasteiger partial charge on any atom is 0.250 e. The van der Waals surface area contributed by atoms with Gasteiger partial charge in [-0.2, -0.15) is 0 Å². The van der Waals surface area contributed by atoms with E-state index >= 15 is 0 Å². The second-order valence-corrected chi connectivity index (χ2v) is 5.14. The number of benzene rings is 1. The van der Waals surface area contributed by atoms with Gasteiger partial charge in [-0.05, 0) is 44.1 Å². The van der Waals surface area contributed by atoms with Crippen LogP contribution in [0.25, 0.3) is 0 Å². The van der Waals surface area contributed by atoms with Crippen molar-refractivity contribution in [3.63, 3.8) is 0 Å². The molecule has 4 nitrogen and oxygen atoms in total. The Kier molecular flexibility index (Phi) is 4.02. The summed E-state index contributed by atoms with van der Waals surface area (Å²) in [4.78, 5) is 11.3. The monoisotopic (exact) mass is 297 g/mol. The molecule has 1 saturated heterocycles. The van der Waals surface area contributed by atoms with Gasteiger partial charge in [0, 0.05) is 16.2 Å². The summed E-state index contributed by atoms with van der Waals surface area (Å²) in [5.41, 5.74) is 6.73. The molecule has 1 aliphatic heterocycles. The van der Waals surface area contributed by atoms with E-state index < -0.39 is 5.91 Å². The van der Waals surface area contributed by atoms with Gasteiger partial charge in [0.15, 0.2) is 0 Å². The lowest BCUT2D eigenvalue weighted by atomic mass is 10.1. The van der Waals surface area contributed by atoms with E-state index in [1.54, 1.807) is 6.07 Å². The number of primary amides is 1. The number of carbonyl (C=O) groups excluding carboxylic acids is 1. The van der Waals surface area contributed by atoms with Gasteiger partial charge in [0.05, 0.1) is 5.56 Å². The molecular weight excluding hydrogens is 282 g/mol.